The minimum atomic E-state index is -5.07. The summed E-state index contributed by atoms with van der Waals surface area (Å²) in [6.45, 7) is 4.01. The van der Waals surface area contributed by atoms with Crippen LogP contribution in [0, 0.1) is 0 Å². The Morgan fingerprint density at radius 3 is 1.23 bits per heavy atom. The van der Waals surface area contributed by atoms with Crippen LogP contribution in [0.25, 0.3) is 0 Å². The van der Waals surface area contributed by atoms with Crippen LogP contribution in [0.3, 0.4) is 0 Å². The van der Waals surface area contributed by atoms with Gasteiger partial charge in [0, 0.05) is 13.0 Å². The van der Waals surface area contributed by atoms with Crippen molar-refractivity contribution < 1.29 is 56.2 Å². The molecule has 0 aromatic rings. The van der Waals surface area contributed by atoms with Crippen LogP contribution in [-0.4, -0.2) is 97.5 Å². The smallest absolute Gasteiger partial charge is 0.397 e. The number of aliphatic hydroxyl groups is 3. The molecule has 0 radical (unpaired) electrons. The largest absolute Gasteiger partial charge is 0.457 e. The lowest BCUT2D eigenvalue weighted by molar-refractivity contribution is -0.301. The molecule has 12 nitrogen and oxygen atoms in total. The molecule has 456 valence electrons. The average Bonchev–Trinajstić information content (AvgIpc) is 3.46. The van der Waals surface area contributed by atoms with Crippen LogP contribution in [0.5, 0.6) is 0 Å². The Hall–Kier alpha value is -2.20. The minimum absolute atomic E-state index is 0.0340. The Bertz CT molecular complexity index is 1580. The maximum atomic E-state index is 13.0. The lowest BCUT2D eigenvalue weighted by Gasteiger charge is -2.41. The summed E-state index contributed by atoms with van der Waals surface area (Å²) in [6, 6.07) is 0. The summed E-state index contributed by atoms with van der Waals surface area (Å²) in [5.74, 6) is -0.400. The molecule has 1 aliphatic rings. The van der Waals surface area contributed by atoms with Gasteiger partial charge < -0.3 is 34.3 Å². The van der Waals surface area contributed by atoms with Crippen molar-refractivity contribution in [3.05, 3.63) is 60.8 Å². The van der Waals surface area contributed by atoms with Crippen molar-refractivity contribution in [2.75, 3.05) is 26.4 Å². The fourth-order valence-corrected chi connectivity index (χ4v) is 10.3. The van der Waals surface area contributed by atoms with Crippen LogP contribution in [0.4, 0.5) is 0 Å². The van der Waals surface area contributed by atoms with Crippen molar-refractivity contribution in [2.45, 2.75) is 320 Å². The zero-order valence-corrected chi connectivity index (χ0v) is 50.5. The molecule has 0 amide bonds. The molecule has 13 heteroatoms. The summed E-state index contributed by atoms with van der Waals surface area (Å²) >= 11 is 0. The number of hydrogen-bond donors (Lipinski definition) is 4. The van der Waals surface area contributed by atoms with E-state index in [2.05, 4.69) is 78.8 Å². The van der Waals surface area contributed by atoms with Gasteiger partial charge in [0.2, 0.25) is 0 Å². The highest BCUT2D eigenvalue weighted by Crippen LogP contribution is 2.26. The Labute approximate surface area is 478 Å². The van der Waals surface area contributed by atoms with Crippen LogP contribution >= 0.6 is 0 Å². The van der Waals surface area contributed by atoms with Gasteiger partial charge in [-0.2, -0.15) is 8.42 Å². The summed E-state index contributed by atoms with van der Waals surface area (Å²) in [6.07, 6.45) is 64.0. The predicted molar refractivity (Wildman–Crippen MR) is 322 cm³/mol. The fourth-order valence-electron chi connectivity index (χ4n) is 9.77. The summed E-state index contributed by atoms with van der Waals surface area (Å²) in [7, 11) is -5.07. The maximum Gasteiger partial charge on any atom is 0.397 e. The number of unbranched alkanes of at least 4 members (excludes halogenated alkanes) is 34. The molecular formula is C65H118O12S. The molecule has 0 aliphatic carbocycles. The molecule has 1 saturated heterocycles. The monoisotopic (exact) mass is 1120 g/mol. The molecule has 6 unspecified atom stereocenters. The molecule has 78 heavy (non-hydrogen) atoms. The topological polar surface area (TPSA) is 178 Å². The Morgan fingerprint density at radius 1 is 0.487 bits per heavy atom. The van der Waals surface area contributed by atoms with Crippen LogP contribution in [-0.2, 0) is 38.3 Å². The summed E-state index contributed by atoms with van der Waals surface area (Å²) in [5, 5.41) is 30.9. The zero-order valence-electron chi connectivity index (χ0n) is 49.7. The van der Waals surface area contributed by atoms with Gasteiger partial charge >= 0.3 is 16.4 Å². The van der Waals surface area contributed by atoms with Gasteiger partial charge in [0.05, 0.1) is 19.8 Å². The van der Waals surface area contributed by atoms with E-state index in [1.165, 1.54) is 193 Å². The quantitative estimate of drug-likeness (QED) is 0.0196. The average molecular weight is 1120 g/mol. The van der Waals surface area contributed by atoms with Crippen LogP contribution in [0.15, 0.2) is 60.8 Å². The zero-order chi connectivity index (χ0) is 56.7. The van der Waals surface area contributed by atoms with Gasteiger partial charge in [-0.1, -0.05) is 254 Å². The number of carbonyl (C=O) groups excluding carboxylic acids is 1. The van der Waals surface area contributed by atoms with E-state index in [0.29, 0.717) is 13.0 Å². The summed E-state index contributed by atoms with van der Waals surface area (Å²) < 4.78 is 59.6. The maximum absolute atomic E-state index is 13.0. The van der Waals surface area contributed by atoms with Crippen molar-refractivity contribution in [3.8, 4) is 0 Å². The lowest BCUT2D eigenvalue weighted by Crippen LogP contribution is -2.60. The van der Waals surface area contributed by atoms with Crippen molar-refractivity contribution in [1.29, 1.82) is 0 Å². The van der Waals surface area contributed by atoms with Gasteiger partial charge in [-0.25, -0.2) is 4.18 Å². The number of aliphatic hydroxyl groups excluding tert-OH is 3. The molecule has 0 aromatic heterocycles. The second-order valence-electron chi connectivity index (χ2n) is 22.0. The van der Waals surface area contributed by atoms with E-state index in [1.54, 1.807) is 0 Å². The fraction of sp³-hybridized carbons (Fsp3) is 0.831. The van der Waals surface area contributed by atoms with E-state index in [-0.39, 0.29) is 19.6 Å². The van der Waals surface area contributed by atoms with Gasteiger partial charge in [-0.15, -0.1) is 0 Å². The molecular weight excluding hydrogens is 1000 g/mol. The van der Waals surface area contributed by atoms with E-state index in [0.717, 1.165) is 64.2 Å². The first-order valence-corrected chi connectivity index (χ1v) is 33.4. The molecule has 1 aliphatic heterocycles. The van der Waals surface area contributed by atoms with Crippen molar-refractivity contribution >= 4 is 16.4 Å². The molecule has 1 rings (SSSR count). The number of allylic oxidation sites excluding steroid dienone is 10. The molecule has 1 heterocycles. The highest BCUT2D eigenvalue weighted by atomic mass is 32.3. The van der Waals surface area contributed by atoms with Crippen molar-refractivity contribution in [2.24, 2.45) is 0 Å². The molecule has 0 saturated carbocycles. The molecule has 4 N–H and O–H groups in total. The summed E-state index contributed by atoms with van der Waals surface area (Å²) in [5.41, 5.74) is 0. The lowest BCUT2D eigenvalue weighted by atomic mass is 9.99. The SMILES string of the molecule is CCCCCCC/C=C\C/C=C\C/C=C\CCCCCCCCCCCCC(=O)OC(COCCCCCCCCCCCCCCCC/C=C\C/C=C\CCCCCCC)COC1OC(CO)C(O)C(OS(=O)(=O)O)C1O. The molecule has 6 atom stereocenters. The van der Waals surface area contributed by atoms with Crippen LogP contribution in [0.1, 0.15) is 284 Å². The van der Waals surface area contributed by atoms with Gasteiger partial charge in [-0.05, 0) is 83.5 Å². The number of esters is 1. The van der Waals surface area contributed by atoms with Gasteiger partial charge in [0.15, 0.2) is 6.29 Å². The first-order chi connectivity index (χ1) is 38.1. The highest BCUT2D eigenvalue weighted by Gasteiger charge is 2.48. The number of ether oxygens (including phenoxy) is 4. The molecule has 0 bridgehead atoms. The highest BCUT2D eigenvalue weighted by molar-refractivity contribution is 7.80. The van der Waals surface area contributed by atoms with Gasteiger partial charge in [0.25, 0.3) is 0 Å². The number of rotatable bonds is 57. The first-order valence-electron chi connectivity index (χ1n) is 32.0. The Balaban J connectivity index is 2.25. The first kappa shape index (κ1) is 73.8. The predicted octanol–water partition coefficient (Wildman–Crippen LogP) is 16.8. The Kier molecular flexibility index (Phi) is 52.4. The second kappa shape index (κ2) is 55.3. The van der Waals surface area contributed by atoms with Crippen LogP contribution < -0.4 is 0 Å². The molecule has 0 spiro atoms. The number of carbonyl (C=O) groups is 1. The normalized spacial score (nSPS) is 18.8. The van der Waals surface area contributed by atoms with E-state index < -0.39 is 59.8 Å². The number of hydrogen-bond acceptors (Lipinski definition) is 11. The van der Waals surface area contributed by atoms with Gasteiger partial charge in [-0.3, -0.25) is 9.35 Å². The van der Waals surface area contributed by atoms with E-state index in [1.807, 2.05) is 0 Å². The minimum Gasteiger partial charge on any atom is -0.457 e. The van der Waals surface area contributed by atoms with E-state index >= 15 is 0 Å². The van der Waals surface area contributed by atoms with Crippen LogP contribution in [0.2, 0.25) is 0 Å². The van der Waals surface area contributed by atoms with Crippen molar-refractivity contribution in [1.82, 2.24) is 0 Å². The van der Waals surface area contributed by atoms with E-state index in [4.69, 9.17) is 18.9 Å². The van der Waals surface area contributed by atoms with Gasteiger partial charge in [0.1, 0.15) is 30.5 Å². The van der Waals surface area contributed by atoms with Crippen molar-refractivity contribution in [3.63, 3.8) is 0 Å². The van der Waals surface area contributed by atoms with E-state index in [9.17, 15) is 33.1 Å². The third-order valence-electron chi connectivity index (χ3n) is 14.6. The third kappa shape index (κ3) is 47.4. The third-order valence-corrected chi connectivity index (χ3v) is 15.1. The Morgan fingerprint density at radius 2 is 0.846 bits per heavy atom. The molecule has 0 aromatic carbocycles. The second-order valence-corrected chi connectivity index (χ2v) is 23.0. The summed E-state index contributed by atoms with van der Waals surface area (Å²) in [4.78, 5) is 13.0. The molecule has 1 fully saturated rings. The standard InChI is InChI=1S/C65H118O12S/c1-3-5-7-9-11-13-15-17-19-21-23-25-27-29-31-33-35-37-39-41-43-45-47-49-51-53-55-73-57-59(58-74-65-63(69)64(77-78(70,71)72)62(68)60(56-66)76-65)75-61(67)54-52-50-48-46-44-42-40-38-36-34-32-30-28-26-24-22-20-18-16-14-12-10-8-6-4-2/h15-18,21-24,28,30,59-60,62-66,68-69H,3-14,19-20,25-27,29,31-58H2,1-2H3,(H,70,71,72)/b17-15-,18-16-,23-21-,24-22-,30-28-.